The minimum Gasteiger partial charge on any atom is -0.387 e. The van der Waals surface area contributed by atoms with E-state index in [2.05, 4.69) is 0 Å². The molecule has 0 aromatic carbocycles. The van der Waals surface area contributed by atoms with E-state index >= 15 is 0 Å². The standard InChI is InChI=1S/C13H24O6/c1-12(2,3)16-6-7-8(14)9(15)10-11(17-7)19-13(4,5)18-10/h7-11,14-15H,6H2,1-5H3. The van der Waals surface area contributed by atoms with Crippen molar-refractivity contribution in [3.05, 3.63) is 0 Å². The molecule has 0 amide bonds. The summed E-state index contributed by atoms with van der Waals surface area (Å²) in [4.78, 5) is 0. The van der Waals surface area contributed by atoms with Crippen LogP contribution in [0.2, 0.25) is 0 Å². The molecule has 5 atom stereocenters. The van der Waals surface area contributed by atoms with Crippen molar-refractivity contribution >= 4 is 0 Å². The Bertz CT molecular complexity index is 324. The number of aliphatic hydroxyl groups excluding tert-OH is 2. The van der Waals surface area contributed by atoms with Gasteiger partial charge in [-0.05, 0) is 34.6 Å². The molecule has 2 aliphatic heterocycles. The molecule has 0 bridgehead atoms. The van der Waals surface area contributed by atoms with Crippen LogP contribution in [0.25, 0.3) is 0 Å². The zero-order valence-electron chi connectivity index (χ0n) is 12.1. The van der Waals surface area contributed by atoms with E-state index in [9.17, 15) is 10.2 Å². The molecule has 6 heteroatoms. The number of aliphatic hydroxyl groups is 2. The fourth-order valence-electron chi connectivity index (χ4n) is 2.23. The Balaban J connectivity index is 2.01. The highest BCUT2D eigenvalue weighted by molar-refractivity contribution is 4.94. The molecule has 0 aromatic rings. The van der Waals surface area contributed by atoms with Crippen molar-refractivity contribution in [2.75, 3.05) is 6.61 Å². The lowest BCUT2D eigenvalue weighted by Crippen LogP contribution is -2.58. The highest BCUT2D eigenvalue weighted by atomic mass is 16.8. The number of rotatable bonds is 2. The maximum atomic E-state index is 10.1. The first-order valence-electron chi connectivity index (χ1n) is 6.60. The molecule has 6 nitrogen and oxygen atoms in total. The Morgan fingerprint density at radius 1 is 1.11 bits per heavy atom. The van der Waals surface area contributed by atoms with E-state index in [4.69, 9.17) is 18.9 Å². The number of ether oxygens (including phenoxy) is 4. The minimum atomic E-state index is -1.05. The van der Waals surface area contributed by atoms with Gasteiger partial charge in [-0.3, -0.25) is 0 Å². The fraction of sp³-hybridized carbons (Fsp3) is 1.00. The molecule has 2 fully saturated rings. The van der Waals surface area contributed by atoms with Crippen LogP contribution in [-0.2, 0) is 18.9 Å². The van der Waals surface area contributed by atoms with Crippen LogP contribution < -0.4 is 0 Å². The van der Waals surface area contributed by atoms with E-state index in [1.807, 2.05) is 20.8 Å². The van der Waals surface area contributed by atoms with Crippen LogP contribution in [0.15, 0.2) is 0 Å². The first-order valence-corrected chi connectivity index (χ1v) is 6.60. The Morgan fingerprint density at radius 2 is 1.74 bits per heavy atom. The van der Waals surface area contributed by atoms with Crippen molar-refractivity contribution in [1.29, 1.82) is 0 Å². The van der Waals surface area contributed by atoms with Gasteiger partial charge in [-0.2, -0.15) is 0 Å². The van der Waals surface area contributed by atoms with Gasteiger partial charge in [-0.1, -0.05) is 0 Å². The Kier molecular flexibility index (Phi) is 3.94. The summed E-state index contributed by atoms with van der Waals surface area (Å²) < 4.78 is 22.3. The van der Waals surface area contributed by atoms with Crippen LogP contribution in [0.4, 0.5) is 0 Å². The molecule has 0 aromatic heterocycles. The first kappa shape index (κ1) is 15.2. The second kappa shape index (κ2) is 4.95. The largest absolute Gasteiger partial charge is 0.387 e. The monoisotopic (exact) mass is 276 g/mol. The first-order chi connectivity index (χ1) is 8.59. The van der Waals surface area contributed by atoms with Crippen molar-refractivity contribution in [1.82, 2.24) is 0 Å². The Hall–Kier alpha value is -0.240. The van der Waals surface area contributed by atoms with Crippen molar-refractivity contribution in [2.45, 2.75) is 76.7 Å². The van der Waals surface area contributed by atoms with Crippen LogP contribution in [0.5, 0.6) is 0 Å². The fourth-order valence-corrected chi connectivity index (χ4v) is 2.23. The highest BCUT2D eigenvalue weighted by Crippen LogP contribution is 2.36. The second-order valence-corrected chi connectivity index (χ2v) is 6.55. The molecule has 0 spiro atoms. The van der Waals surface area contributed by atoms with Gasteiger partial charge < -0.3 is 29.2 Å². The molecule has 2 N–H and O–H groups in total. The average Bonchev–Trinajstić information content (AvgIpc) is 2.55. The smallest absolute Gasteiger partial charge is 0.190 e. The molecule has 2 rings (SSSR count). The summed E-state index contributed by atoms with van der Waals surface area (Å²) in [6.07, 6.45) is -4.08. The van der Waals surface area contributed by atoms with Crippen molar-refractivity contribution < 1.29 is 29.2 Å². The molecule has 0 radical (unpaired) electrons. The molecular formula is C13H24O6. The van der Waals surface area contributed by atoms with Crippen molar-refractivity contribution in [3.63, 3.8) is 0 Å². The third-order valence-corrected chi connectivity index (χ3v) is 3.15. The maximum absolute atomic E-state index is 10.1. The molecule has 0 aliphatic carbocycles. The van der Waals surface area contributed by atoms with Crippen LogP contribution >= 0.6 is 0 Å². The van der Waals surface area contributed by atoms with Gasteiger partial charge in [-0.15, -0.1) is 0 Å². The Morgan fingerprint density at radius 3 is 2.32 bits per heavy atom. The van der Waals surface area contributed by atoms with Gasteiger partial charge in [0, 0.05) is 0 Å². The van der Waals surface area contributed by atoms with E-state index in [-0.39, 0.29) is 12.2 Å². The van der Waals surface area contributed by atoms with Crippen molar-refractivity contribution in [2.24, 2.45) is 0 Å². The lowest BCUT2D eigenvalue weighted by atomic mass is 9.99. The lowest BCUT2D eigenvalue weighted by molar-refractivity contribution is -0.264. The summed E-state index contributed by atoms with van der Waals surface area (Å²) in [7, 11) is 0. The molecule has 5 unspecified atom stereocenters. The number of hydrogen-bond donors (Lipinski definition) is 2. The van der Waals surface area contributed by atoms with Crippen LogP contribution in [-0.4, -0.2) is 58.9 Å². The van der Waals surface area contributed by atoms with Gasteiger partial charge in [0.2, 0.25) is 0 Å². The predicted octanol–water partition coefficient (Wildman–Crippen LogP) is 0.400. The summed E-state index contributed by atoms with van der Waals surface area (Å²) in [6, 6.07) is 0. The van der Waals surface area contributed by atoms with Gasteiger partial charge in [0.05, 0.1) is 12.2 Å². The summed E-state index contributed by atoms with van der Waals surface area (Å²) in [5, 5.41) is 20.2. The SMILES string of the molecule is CC(C)(C)OCC1OC2OC(C)(C)OC2C(O)C1O. The van der Waals surface area contributed by atoms with Gasteiger partial charge in [0.25, 0.3) is 0 Å². The third kappa shape index (κ3) is 3.45. The van der Waals surface area contributed by atoms with E-state index in [1.54, 1.807) is 13.8 Å². The topological polar surface area (TPSA) is 77.4 Å². The molecule has 19 heavy (non-hydrogen) atoms. The van der Waals surface area contributed by atoms with Gasteiger partial charge in [0.1, 0.15) is 24.4 Å². The van der Waals surface area contributed by atoms with Gasteiger partial charge >= 0.3 is 0 Å². The van der Waals surface area contributed by atoms with E-state index in [0.29, 0.717) is 0 Å². The molecule has 2 aliphatic rings. The zero-order valence-corrected chi connectivity index (χ0v) is 12.1. The summed E-state index contributed by atoms with van der Waals surface area (Å²) >= 11 is 0. The molecular weight excluding hydrogens is 252 g/mol. The van der Waals surface area contributed by atoms with E-state index in [0.717, 1.165) is 0 Å². The van der Waals surface area contributed by atoms with Crippen LogP contribution in [0.3, 0.4) is 0 Å². The van der Waals surface area contributed by atoms with E-state index in [1.165, 1.54) is 0 Å². The second-order valence-electron chi connectivity index (χ2n) is 6.55. The highest BCUT2D eigenvalue weighted by Gasteiger charge is 2.53. The number of fused-ring (bicyclic) bond motifs is 1. The summed E-state index contributed by atoms with van der Waals surface area (Å²) in [6.45, 7) is 9.43. The number of hydrogen-bond acceptors (Lipinski definition) is 6. The molecule has 2 heterocycles. The predicted molar refractivity (Wildman–Crippen MR) is 66.4 cm³/mol. The summed E-state index contributed by atoms with van der Waals surface area (Å²) in [5.41, 5.74) is -0.336. The normalized spacial score (nSPS) is 42.2. The lowest BCUT2D eigenvalue weighted by Gasteiger charge is -2.38. The zero-order chi connectivity index (χ0) is 14.4. The van der Waals surface area contributed by atoms with Crippen LogP contribution in [0, 0.1) is 0 Å². The Labute approximate surface area is 113 Å². The van der Waals surface area contributed by atoms with Crippen LogP contribution in [0.1, 0.15) is 34.6 Å². The molecule has 2 saturated heterocycles. The minimum absolute atomic E-state index is 0.189. The molecule has 0 saturated carbocycles. The average molecular weight is 276 g/mol. The maximum Gasteiger partial charge on any atom is 0.190 e. The van der Waals surface area contributed by atoms with Gasteiger partial charge in [0.15, 0.2) is 12.1 Å². The quantitative estimate of drug-likeness (QED) is 0.760. The third-order valence-electron chi connectivity index (χ3n) is 3.15. The van der Waals surface area contributed by atoms with Crippen molar-refractivity contribution in [3.8, 4) is 0 Å². The van der Waals surface area contributed by atoms with Gasteiger partial charge in [-0.25, -0.2) is 0 Å². The summed E-state index contributed by atoms with van der Waals surface area (Å²) in [5.74, 6) is -0.824. The molecule has 112 valence electrons. The van der Waals surface area contributed by atoms with E-state index < -0.39 is 36.5 Å².